The predicted molar refractivity (Wildman–Crippen MR) is 70.1 cm³/mol. The van der Waals surface area contributed by atoms with Crippen molar-refractivity contribution in [2.75, 3.05) is 0 Å². The van der Waals surface area contributed by atoms with Crippen LogP contribution >= 0.6 is 0 Å². The van der Waals surface area contributed by atoms with Gasteiger partial charge in [0, 0.05) is 6.42 Å². The minimum atomic E-state index is -0.765. The van der Waals surface area contributed by atoms with Gasteiger partial charge >= 0.3 is 5.97 Å². The third-order valence-corrected chi connectivity index (χ3v) is 3.02. The van der Waals surface area contributed by atoms with Gasteiger partial charge in [0.15, 0.2) is 0 Å². The first kappa shape index (κ1) is 16.7. The number of hydrogen-bond acceptors (Lipinski definition) is 3. The summed E-state index contributed by atoms with van der Waals surface area (Å²) >= 11 is 0. The van der Waals surface area contributed by atoms with Crippen LogP contribution in [0.3, 0.4) is 0 Å². The van der Waals surface area contributed by atoms with Gasteiger partial charge in [-0.15, -0.1) is 0 Å². The van der Waals surface area contributed by atoms with Gasteiger partial charge in [-0.25, -0.2) is 0 Å². The molecule has 4 nitrogen and oxygen atoms in total. The van der Waals surface area contributed by atoms with Crippen molar-refractivity contribution in [2.24, 2.45) is 17.8 Å². The third kappa shape index (κ3) is 6.42. The fraction of sp³-hybridized carbons (Fsp3) is 0.714. The number of carbonyl (C=O) groups is 2. The monoisotopic (exact) mass is 256 g/mol. The molecule has 104 valence electrons. The summed E-state index contributed by atoms with van der Waals surface area (Å²) in [5.41, 5.74) is 0. The summed E-state index contributed by atoms with van der Waals surface area (Å²) < 4.78 is 4.96. The zero-order valence-corrected chi connectivity index (χ0v) is 11.6. The van der Waals surface area contributed by atoms with Gasteiger partial charge in [0.05, 0.1) is 5.92 Å². The van der Waals surface area contributed by atoms with Gasteiger partial charge in [0.25, 0.3) is 6.47 Å². The smallest absolute Gasteiger partial charge is 0.307 e. The Morgan fingerprint density at radius 1 is 1.11 bits per heavy atom. The van der Waals surface area contributed by atoms with Crippen molar-refractivity contribution >= 4 is 12.4 Å². The summed E-state index contributed by atoms with van der Waals surface area (Å²) in [4.78, 5) is 21.3. The quantitative estimate of drug-likeness (QED) is 0.509. The van der Waals surface area contributed by atoms with E-state index in [4.69, 9.17) is 9.84 Å². The van der Waals surface area contributed by atoms with E-state index in [1.165, 1.54) is 0 Å². The topological polar surface area (TPSA) is 63.6 Å². The molecule has 0 aromatic rings. The lowest BCUT2D eigenvalue weighted by atomic mass is 9.92. The number of rotatable bonds is 9. The van der Waals surface area contributed by atoms with E-state index in [1.807, 2.05) is 39.8 Å². The molecule has 0 aromatic heterocycles. The van der Waals surface area contributed by atoms with E-state index in [1.54, 1.807) is 0 Å². The Hall–Kier alpha value is -1.32. The molecule has 18 heavy (non-hydrogen) atoms. The summed E-state index contributed by atoms with van der Waals surface area (Å²) in [5.74, 6) is -0.760. The van der Waals surface area contributed by atoms with Crippen LogP contribution in [0.5, 0.6) is 0 Å². The maximum Gasteiger partial charge on any atom is 0.307 e. The van der Waals surface area contributed by atoms with E-state index in [0.717, 1.165) is 0 Å². The maximum absolute atomic E-state index is 11.0. The van der Waals surface area contributed by atoms with Crippen molar-refractivity contribution in [3.05, 3.63) is 12.2 Å². The second-order valence-corrected chi connectivity index (χ2v) is 5.15. The molecule has 0 saturated heterocycles. The molecule has 0 saturated carbocycles. The molecule has 0 rings (SSSR count). The molecule has 0 fully saturated rings. The number of allylic oxidation sites excluding steroid dienone is 1. The lowest BCUT2D eigenvalue weighted by molar-refractivity contribution is -0.143. The molecule has 0 aliphatic heterocycles. The van der Waals surface area contributed by atoms with Crippen LogP contribution in [0.4, 0.5) is 0 Å². The van der Waals surface area contributed by atoms with Gasteiger partial charge in [-0.2, -0.15) is 0 Å². The predicted octanol–water partition coefficient (Wildman–Crippen LogP) is 2.88. The normalized spacial score (nSPS) is 15.0. The first-order valence-corrected chi connectivity index (χ1v) is 6.37. The molecule has 0 unspecified atom stereocenters. The van der Waals surface area contributed by atoms with Crippen LogP contribution in [0.1, 0.15) is 40.5 Å². The highest BCUT2D eigenvalue weighted by Gasteiger charge is 2.19. The molecular formula is C14H24O4. The van der Waals surface area contributed by atoms with Gasteiger partial charge < -0.3 is 9.84 Å². The fourth-order valence-electron chi connectivity index (χ4n) is 1.69. The molecule has 2 atom stereocenters. The van der Waals surface area contributed by atoms with Crippen molar-refractivity contribution in [3.63, 3.8) is 0 Å². The van der Waals surface area contributed by atoms with Crippen LogP contribution < -0.4 is 0 Å². The molecule has 0 spiro atoms. The number of aliphatic carboxylic acids is 1. The minimum absolute atomic E-state index is 0.110. The largest absolute Gasteiger partial charge is 0.481 e. The molecule has 0 aliphatic rings. The number of carboxylic acids is 1. The van der Waals surface area contributed by atoms with E-state index in [-0.39, 0.29) is 23.9 Å². The maximum atomic E-state index is 11.0. The van der Waals surface area contributed by atoms with Crippen molar-refractivity contribution in [3.8, 4) is 0 Å². The van der Waals surface area contributed by atoms with Crippen molar-refractivity contribution in [1.82, 2.24) is 0 Å². The standard InChI is InChI=1S/C14H24O4/c1-10(2)12(14(16)17)7-5-6-8-13(11(3)4)18-9-15/h5-6,9-13H,7-8H2,1-4H3,(H,16,17)/t12-,13-/m0/s1. The second kappa shape index (κ2) is 8.72. The molecule has 0 aliphatic carbocycles. The zero-order valence-electron chi connectivity index (χ0n) is 11.6. The lowest BCUT2D eigenvalue weighted by Gasteiger charge is -2.17. The van der Waals surface area contributed by atoms with Crippen molar-refractivity contribution in [1.29, 1.82) is 0 Å². The summed E-state index contributed by atoms with van der Waals surface area (Å²) in [6.45, 7) is 8.23. The Kier molecular flexibility index (Phi) is 8.08. The molecular weight excluding hydrogens is 232 g/mol. The first-order chi connectivity index (χ1) is 8.40. The summed E-state index contributed by atoms with van der Waals surface area (Å²) in [5, 5.41) is 9.02. The van der Waals surface area contributed by atoms with Crippen LogP contribution in [0, 0.1) is 17.8 Å². The molecule has 0 radical (unpaired) electrons. The Bertz CT molecular complexity index is 282. The minimum Gasteiger partial charge on any atom is -0.481 e. The molecule has 0 heterocycles. The first-order valence-electron chi connectivity index (χ1n) is 6.37. The van der Waals surface area contributed by atoms with Gasteiger partial charge in [-0.3, -0.25) is 9.59 Å². The third-order valence-electron chi connectivity index (χ3n) is 3.02. The van der Waals surface area contributed by atoms with Crippen LogP contribution in [-0.2, 0) is 14.3 Å². The summed E-state index contributed by atoms with van der Waals surface area (Å²) in [6.07, 6.45) is 4.76. The van der Waals surface area contributed by atoms with Crippen molar-refractivity contribution < 1.29 is 19.4 Å². The highest BCUT2D eigenvalue weighted by atomic mass is 16.5. The molecule has 4 heteroatoms. The van der Waals surface area contributed by atoms with E-state index in [9.17, 15) is 9.59 Å². The molecule has 0 amide bonds. The van der Waals surface area contributed by atoms with Gasteiger partial charge in [0.2, 0.25) is 0 Å². The Balaban J connectivity index is 4.22. The van der Waals surface area contributed by atoms with Crippen LogP contribution in [0.15, 0.2) is 12.2 Å². The average molecular weight is 256 g/mol. The Labute approximate surface area is 109 Å². The molecule has 0 bridgehead atoms. The van der Waals surface area contributed by atoms with Gasteiger partial charge in [-0.1, -0.05) is 39.8 Å². The van der Waals surface area contributed by atoms with E-state index in [0.29, 0.717) is 19.3 Å². The highest BCUT2D eigenvalue weighted by molar-refractivity contribution is 5.70. The van der Waals surface area contributed by atoms with Crippen LogP contribution in [0.25, 0.3) is 0 Å². The number of carboxylic acid groups (broad SMARTS) is 1. The van der Waals surface area contributed by atoms with Crippen LogP contribution in [0.2, 0.25) is 0 Å². The van der Waals surface area contributed by atoms with E-state index < -0.39 is 5.97 Å². The molecule has 0 aromatic carbocycles. The highest BCUT2D eigenvalue weighted by Crippen LogP contribution is 2.17. The summed E-state index contributed by atoms with van der Waals surface area (Å²) in [7, 11) is 0. The second-order valence-electron chi connectivity index (χ2n) is 5.15. The van der Waals surface area contributed by atoms with Crippen LogP contribution in [-0.4, -0.2) is 23.7 Å². The summed E-state index contributed by atoms with van der Waals surface area (Å²) in [6, 6.07) is 0. The van der Waals surface area contributed by atoms with Gasteiger partial charge in [-0.05, 0) is 18.3 Å². The SMILES string of the molecule is CC(C)[C@H](CC=CC[C@H](C(=O)O)C(C)C)OC=O. The Morgan fingerprint density at radius 3 is 2.06 bits per heavy atom. The number of hydrogen-bond donors (Lipinski definition) is 1. The van der Waals surface area contributed by atoms with E-state index >= 15 is 0 Å². The number of carbonyl (C=O) groups excluding carboxylic acids is 1. The average Bonchev–Trinajstić information content (AvgIpc) is 2.25. The lowest BCUT2D eigenvalue weighted by Crippen LogP contribution is -2.19. The molecule has 1 N–H and O–H groups in total. The van der Waals surface area contributed by atoms with Gasteiger partial charge in [0.1, 0.15) is 6.10 Å². The van der Waals surface area contributed by atoms with Crippen molar-refractivity contribution in [2.45, 2.75) is 46.6 Å². The fourth-order valence-corrected chi connectivity index (χ4v) is 1.69. The number of ether oxygens (including phenoxy) is 1. The van der Waals surface area contributed by atoms with E-state index in [2.05, 4.69) is 0 Å². The Morgan fingerprint density at radius 2 is 1.67 bits per heavy atom. The zero-order chi connectivity index (χ0) is 14.1.